The smallest absolute Gasteiger partial charge is 0.313 e. The maximum Gasteiger partial charge on any atom is 0.313 e. The number of pyridine rings is 1. The Labute approximate surface area is 205 Å². The molecule has 3 aromatic rings. The molecule has 2 N–H and O–H groups in total. The van der Waals surface area contributed by atoms with Gasteiger partial charge in [0.2, 0.25) is 0 Å². The fourth-order valence-electron chi connectivity index (χ4n) is 4.24. The zero-order chi connectivity index (χ0) is 25.7. The van der Waals surface area contributed by atoms with Gasteiger partial charge in [0, 0.05) is 11.3 Å². The van der Waals surface area contributed by atoms with Crippen molar-refractivity contribution in [2.45, 2.75) is 44.9 Å². The topological polar surface area (TPSA) is 96.7 Å². The summed E-state index contributed by atoms with van der Waals surface area (Å²) in [5, 5.41) is 11.0. The average molecular weight is 498 g/mol. The number of halogens is 1. The van der Waals surface area contributed by atoms with E-state index in [-0.39, 0.29) is 5.92 Å². The van der Waals surface area contributed by atoms with Gasteiger partial charge >= 0.3 is 5.97 Å². The molecule has 3 atom stereocenters. The van der Waals surface area contributed by atoms with Crippen molar-refractivity contribution in [1.29, 1.82) is 0 Å². The normalized spacial score (nSPS) is 13.8. The lowest BCUT2D eigenvalue weighted by Crippen LogP contribution is -2.23. The highest BCUT2D eigenvalue weighted by Gasteiger charge is 2.35. The van der Waals surface area contributed by atoms with E-state index in [1.54, 1.807) is 12.1 Å². The number of carbonyl (C=O) groups is 1. The molecule has 0 fully saturated rings. The molecule has 0 saturated heterocycles. The molecule has 0 aliphatic heterocycles. The molecular weight excluding hydrogens is 468 g/mol. The summed E-state index contributed by atoms with van der Waals surface area (Å²) in [5.74, 6) is -1.39. The van der Waals surface area contributed by atoms with Gasteiger partial charge in [-0.15, -0.1) is 0 Å². The number of aromatic nitrogens is 1. The van der Waals surface area contributed by atoms with Gasteiger partial charge in [-0.2, -0.15) is 0 Å². The molecule has 3 rings (SSSR count). The third-order valence-corrected chi connectivity index (χ3v) is 6.99. The summed E-state index contributed by atoms with van der Waals surface area (Å²) in [4.78, 5) is 27.3. The molecule has 8 heteroatoms. The number of rotatable bonds is 9. The van der Waals surface area contributed by atoms with Gasteiger partial charge in [-0.1, -0.05) is 62.9 Å². The van der Waals surface area contributed by atoms with E-state index in [1.807, 2.05) is 51.1 Å². The largest absolute Gasteiger partial charge is 0.435 e. The zero-order valence-electron chi connectivity index (χ0n) is 19.9. The lowest BCUT2D eigenvalue weighted by atomic mass is 9.85. The standard InChI is InChI=1S/C27H29FNO5P/c1-5-34-22(31)15-21(30)27(35(32)33)24-23(18-11-13-20(28)14-12-18)17(4)26(29-25(24)16(2)3)19-9-7-6-8-10-19/h5-14,16,21,27,30,35H,1,15H2,2-4H3,(H,32,33). The SMILES string of the molecule is C=COC(=O)CC(O)C(c1c(C(C)C)nc(-c2ccccc2)c(C)c1-c1ccc(F)cc1)[PH](=O)O. The van der Waals surface area contributed by atoms with Gasteiger partial charge in [-0.05, 0) is 47.2 Å². The predicted molar refractivity (Wildman–Crippen MR) is 135 cm³/mol. The highest BCUT2D eigenvalue weighted by molar-refractivity contribution is 7.38. The third-order valence-electron chi connectivity index (χ3n) is 5.79. The maximum atomic E-state index is 13.8. The van der Waals surface area contributed by atoms with Crippen LogP contribution in [0.1, 0.15) is 48.7 Å². The maximum absolute atomic E-state index is 13.8. The Morgan fingerprint density at radius 3 is 2.31 bits per heavy atom. The summed E-state index contributed by atoms with van der Waals surface area (Å²) in [6.45, 7) is 8.96. The quantitative estimate of drug-likeness (QED) is 0.216. The minimum absolute atomic E-state index is 0.191. The lowest BCUT2D eigenvalue weighted by Gasteiger charge is -2.28. The van der Waals surface area contributed by atoms with Crippen LogP contribution in [-0.4, -0.2) is 27.1 Å². The minimum Gasteiger partial charge on any atom is -0.435 e. The Bertz CT molecular complexity index is 1230. The number of esters is 1. The summed E-state index contributed by atoms with van der Waals surface area (Å²) in [7, 11) is -3.42. The molecule has 0 aliphatic carbocycles. The van der Waals surface area contributed by atoms with Crippen molar-refractivity contribution in [2.75, 3.05) is 0 Å². The van der Waals surface area contributed by atoms with Crippen LogP contribution in [0.5, 0.6) is 0 Å². The van der Waals surface area contributed by atoms with Gasteiger partial charge in [0.05, 0.1) is 30.1 Å². The van der Waals surface area contributed by atoms with Crippen LogP contribution in [-0.2, 0) is 14.1 Å². The zero-order valence-corrected chi connectivity index (χ0v) is 20.9. The van der Waals surface area contributed by atoms with Gasteiger partial charge in [0.25, 0.3) is 0 Å². The molecule has 0 amide bonds. The van der Waals surface area contributed by atoms with E-state index >= 15 is 0 Å². The second kappa shape index (κ2) is 11.5. The van der Waals surface area contributed by atoms with E-state index in [2.05, 4.69) is 6.58 Å². The van der Waals surface area contributed by atoms with E-state index in [4.69, 9.17) is 9.72 Å². The average Bonchev–Trinajstić information content (AvgIpc) is 2.80. The molecule has 35 heavy (non-hydrogen) atoms. The van der Waals surface area contributed by atoms with Gasteiger partial charge in [-0.25, -0.2) is 4.39 Å². The molecule has 0 aliphatic rings. The van der Waals surface area contributed by atoms with Crippen molar-refractivity contribution >= 4 is 14.0 Å². The van der Waals surface area contributed by atoms with Crippen LogP contribution in [0.15, 0.2) is 67.4 Å². The van der Waals surface area contributed by atoms with Crippen LogP contribution >= 0.6 is 8.03 Å². The van der Waals surface area contributed by atoms with Gasteiger partial charge < -0.3 is 14.7 Å². The lowest BCUT2D eigenvalue weighted by molar-refractivity contribution is -0.140. The minimum atomic E-state index is -3.42. The molecule has 1 aromatic heterocycles. The van der Waals surface area contributed by atoms with Crippen LogP contribution in [0.2, 0.25) is 0 Å². The Hall–Kier alpha value is -3.12. The van der Waals surface area contributed by atoms with Gasteiger partial charge in [-0.3, -0.25) is 14.3 Å². The molecule has 6 nitrogen and oxygen atoms in total. The van der Waals surface area contributed by atoms with E-state index < -0.39 is 38.0 Å². The monoisotopic (exact) mass is 497 g/mol. The predicted octanol–water partition coefficient (Wildman–Crippen LogP) is 5.93. The summed E-state index contributed by atoms with van der Waals surface area (Å²) in [6.07, 6.45) is -1.08. The number of ether oxygens (including phenoxy) is 1. The van der Waals surface area contributed by atoms with E-state index in [0.29, 0.717) is 33.6 Å². The first-order chi connectivity index (χ1) is 16.6. The summed E-state index contributed by atoms with van der Waals surface area (Å²) in [5.41, 5.74) is 3.00. The summed E-state index contributed by atoms with van der Waals surface area (Å²) in [6, 6.07) is 15.3. The summed E-state index contributed by atoms with van der Waals surface area (Å²) < 4.78 is 31.2. The molecule has 0 spiro atoms. The molecule has 0 saturated carbocycles. The van der Waals surface area contributed by atoms with Gasteiger partial charge in [0.1, 0.15) is 5.82 Å². The molecular formula is C27H29FNO5P. The number of hydrogen-bond donors (Lipinski definition) is 2. The molecule has 0 bridgehead atoms. The van der Waals surface area contributed by atoms with Gasteiger partial charge in [0.15, 0.2) is 8.03 Å². The van der Waals surface area contributed by atoms with Crippen molar-refractivity contribution in [2.24, 2.45) is 0 Å². The van der Waals surface area contributed by atoms with Crippen LogP contribution in [0.3, 0.4) is 0 Å². The van der Waals surface area contributed by atoms with Crippen LogP contribution in [0, 0.1) is 12.7 Å². The number of aliphatic hydroxyl groups excluding tert-OH is 1. The Morgan fingerprint density at radius 2 is 1.77 bits per heavy atom. The van der Waals surface area contributed by atoms with Crippen LogP contribution < -0.4 is 0 Å². The first-order valence-electron chi connectivity index (χ1n) is 11.2. The fourth-order valence-corrected chi connectivity index (χ4v) is 5.23. The first-order valence-corrected chi connectivity index (χ1v) is 12.7. The van der Waals surface area contributed by atoms with Crippen molar-refractivity contribution in [3.63, 3.8) is 0 Å². The van der Waals surface area contributed by atoms with E-state index in [0.717, 1.165) is 11.8 Å². The molecule has 3 unspecified atom stereocenters. The highest BCUT2D eigenvalue weighted by Crippen LogP contribution is 2.50. The van der Waals surface area contributed by atoms with Crippen molar-refractivity contribution in [1.82, 2.24) is 4.98 Å². The first kappa shape index (κ1) is 26.5. The third kappa shape index (κ3) is 5.93. The molecule has 184 valence electrons. The summed E-state index contributed by atoms with van der Waals surface area (Å²) >= 11 is 0. The van der Waals surface area contributed by atoms with Crippen molar-refractivity contribution in [3.05, 3.63) is 90.1 Å². The van der Waals surface area contributed by atoms with Crippen molar-refractivity contribution < 1.29 is 28.5 Å². The molecule has 0 radical (unpaired) electrons. The van der Waals surface area contributed by atoms with E-state index in [9.17, 15) is 23.7 Å². The number of hydrogen-bond acceptors (Lipinski definition) is 5. The molecule has 1 heterocycles. The Kier molecular flexibility index (Phi) is 8.73. The van der Waals surface area contributed by atoms with E-state index in [1.165, 1.54) is 12.1 Å². The second-order valence-corrected chi connectivity index (χ2v) is 9.83. The second-order valence-electron chi connectivity index (χ2n) is 8.53. The number of benzene rings is 2. The van der Waals surface area contributed by atoms with Crippen molar-refractivity contribution in [3.8, 4) is 22.4 Å². The van der Waals surface area contributed by atoms with Crippen LogP contribution in [0.25, 0.3) is 22.4 Å². The Morgan fingerprint density at radius 1 is 1.14 bits per heavy atom. The highest BCUT2D eigenvalue weighted by atomic mass is 31.1. The number of nitrogens with zero attached hydrogens (tertiary/aromatic N) is 1. The van der Waals surface area contributed by atoms with Crippen LogP contribution in [0.4, 0.5) is 4.39 Å². The number of carbonyl (C=O) groups excluding carboxylic acids is 1. The fraction of sp³-hybridized carbons (Fsp3) is 0.259. The number of aliphatic hydroxyl groups is 1. The Balaban J connectivity index is 2.37. The molecule has 2 aromatic carbocycles.